The van der Waals surface area contributed by atoms with Crippen molar-refractivity contribution < 1.29 is 9.84 Å². The molecule has 0 amide bonds. The van der Waals surface area contributed by atoms with Gasteiger partial charge in [-0.2, -0.15) is 0 Å². The molecule has 0 radical (unpaired) electrons. The molecule has 0 atom stereocenters. The van der Waals surface area contributed by atoms with Crippen LogP contribution in [0.15, 0.2) is 18.3 Å². The molecule has 1 aromatic heterocycles. The third-order valence-corrected chi connectivity index (χ3v) is 2.99. The van der Waals surface area contributed by atoms with Crippen molar-refractivity contribution in [2.24, 2.45) is 0 Å². The molecule has 0 saturated carbocycles. The fourth-order valence-electron chi connectivity index (χ4n) is 1.92. The van der Waals surface area contributed by atoms with Gasteiger partial charge in [0, 0.05) is 18.1 Å². The molecule has 1 aromatic carbocycles. The Balaban J connectivity index is 2.66. The molecule has 1 heterocycles. The maximum atomic E-state index is 8.98. The molecule has 3 nitrogen and oxygen atoms in total. The maximum absolute atomic E-state index is 8.98. The lowest BCUT2D eigenvalue weighted by Gasteiger charge is -2.06. The van der Waals surface area contributed by atoms with Gasteiger partial charge in [0.15, 0.2) is 0 Å². The molecule has 0 unspecified atom stereocenters. The van der Waals surface area contributed by atoms with Crippen molar-refractivity contribution in [1.29, 1.82) is 0 Å². The normalized spacial score (nSPS) is 11.0. The van der Waals surface area contributed by atoms with Crippen LogP contribution < -0.4 is 4.74 Å². The number of aryl methyl sites for hydroxylation is 1. The first-order valence-electron chi connectivity index (χ1n) is 5.11. The number of benzene rings is 1. The van der Waals surface area contributed by atoms with E-state index >= 15 is 0 Å². The highest BCUT2D eigenvalue weighted by atomic mass is 35.5. The van der Waals surface area contributed by atoms with Crippen LogP contribution >= 0.6 is 11.6 Å². The van der Waals surface area contributed by atoms with E-state index in [0.29, 0.717) is 17.3 Å². The number of fused-ring (bicyclic) bond motifs is 1. The predicted octanol–water partition coefficient (Wildman–Crippen LogP) is 2.60. The van der Waals surface area contributed by atoms with Crippen LogP contribution in [0, 0.1) is 6.92 Å². The van der Waals surface area contributed by atoms with Crippen LogP contribution in [-0.4, -0.2) is 23.4 Å². The Morgan fingerprint density at radius 2 is 2.19 bits per heavy atom. The van der Waals surface area contributed by atoms with Gasteiger partial charge in [-0.1, -0.05) is 11.6 Å². The number of aliphatic hydroxyl groups is 1. The summed E-state index contributed by atoms with van der Waals surface area (Å²) >= 11 is 6.08. The van der Waals surface area contributed by atoms with Gasteiger partial charge in [0.25, 0.3) is 0 Å². The summed E-state index contributed by atoms with van der Waals surface area (Å²) in [5.74, 6) is 0.680. The van der Waals surface area contributed by atoms with Crippen LogP contribution in [0.5, 0.6) is 5.75 Å². The minimum Gasteiger partial charge on any atom is -0.495 e. The number of hydrogen-bond donors (Lipinski definition) is 1. The Hall–Kier alpha value is -1.19. The maximum Gasteiger partial charge on any atom is 0.138 e. The van der Waals surface area contributed by atoms with Crippen molar-refractivity contribution in [3.05, 3.63) is 28.9 Å². The van der Waals surface area contributed by atoms with Gasteiger partial charge in [0.05, 0.1) is 24.3 Å². The number of aliphatic hydroxyl groups excluding tert-OH is 1. The summed E-state index contributed by atoms with van der Waals surface area (Å²) < 4.78 is 7.18. The van der Waals surface area contributed by atoms with E-state index < -0.39 is 0 Å². The summed E-state index contributed by atoms with van der Waals surface area (Å²) in [5, 5.41) is 10.7. The second-order valence-electron chi connectivity index (χ2n) is 3.73. The quantitative estimate of drug-likeness (QED) is 0.894. The fraction of sp³-hybridized carbons (Fsp3) is 0.333. The third-order valence-electron chi connectivity index (χ3n) is 2.69. The molecule has 0 aliphatic heterocycles. The average Bonchev–Trinajstić information content (AvgIpc) is 2.55. The SMILES string of the molecule is COc1cc2c(C)cn(CCO)c2cc1Cl. The number of aromatic nitrogens is 1. The van der Waals surface area contributed by atoms with Crippen molar-refractivity contribution in [1.82, 2.24) is 4.57 Å². The van der Waals surface area contributed by atoms with Crippen molar-refractivity contribution in [2.75, 3.05) is 13.7 Å². The largest absolute Gasteiger partial charge is 0.495 e. The van der Waals surface area contributed by atoms with E-state index in [1.165, 1.54) is 0 Å². The Labute approximate surface area is 99.2 Å². The standard InChI is InChI=1S/C12H14ClNO2/c1-8-7-14(3-4-15)11-6-10(13)12(16-2)5-9(8)11/h5-7,15H,3-4H2,1-2H3. The monoisotopic (exact) mass is 239 g/mol. The van der Waals surface area contributed by atoms with Gasteiger partial charge in [-0.05, 0) is 24.6 Å². The molecule has 0 bridgehead atoms. The Kier molecular flexibility index (Phi) is 3.08. The zero-order valence-corrected chi connectivity index (χ0v) is 10.1. The Morgan fingerprint density at radius 1 is 1.44 bits per heavy atom. The molecule has 0 aliphatic rings. The summed E-state index contributed by atoms with van der Waals surface area (Å²) in [6.45, 7) is 2.73. The molecule has 4 heteroatoms. The number of rotatable bonds is 3. The van der Waals surface area contributed by atoms with Gasteiger partial charge in [-0.15, -0.1) is 0 Å². The molecular formula is C12H14ClNO2. The molecule has 86 valence electrons. The average molecular weight is 240 g/mol. The minimum absolute atomic E-state index is 0.118. The summed E-state index contributed by atoms with van der Waals surface area (Å²) in [6, 6.07) is 3.80. The second-order valence-corrected chi connectivity index (χ2v) is 4.14. The van der Waals surface area contributed by atoms with E-state index in [1.54, 1.807) is 7.11 Å². The van der Waals surface area contributed by atoms with Crippen LogP contribution in [0.4, 0.5) is 0 Å². The van der Waals surface area contributed by atoms with Gasteiger partial charge >= 0.3 is 0 Å². The number of halogens is 1. The van der Waals surface area contributed by atoms with Crippen molar-refractivity contribution in [3.63, 3.8) is 0 Å². The zero-order chi connectivity index (χ0) is 11.7. The van der Waals surface area contributed by atoms with Gasteiger partial charge < -0.3 is 14.4 Å². The third kappa shape index (κ3) is 1.77. The molecule has 1 N–H and O–H groups in total. The molecule has 2 aromatic rings. The molecule has 0 saturated heterocycles. The number of nitrogens with zero attached hydrogens (tertiary/aromatic N) is 1. The van der Waals surface area contributed by atoms with E-state index in [2.05, 4.69) is 0 Å². The van der Waals surface area contributed by atoms with Gasteiger partial charge in [-0.25, -0.2) is 0 Å². The Bertz CT molecular complexity index is 519. The topological polar surface area (TPSA) is 34.4 Å². The smallest absolute Gasteiger partial charge is 0.138 e. The van der Waals surface area contributed by atoms with E-state index in [4.69, 9.17) is 21.4 Å². The van der Waals surface area contributed by atoms with Crippen molar-refractivity contribution in [2.45, 2.75) is 13.5 Å². The van der Waals surface area contributed by atoms with Crippen molar-refractivity contribution in [3.8, 4) is 5.75 Å². The summed E-state index contributed by atoms with van der Waals surface area (Å²) in [6.07, 6.45) is 2.01. The number of ether oxygens (including phenoxy) is 1. The highest BCUT2D eigenvalue weighted by Crippen LogP contribution is 2.32. The van der Waals surface area contributed by atoms with Crippen LogP contribution in [0.1, 0.15) is 5.56 Å². The lowest BCUT2D eigenvalue weighted by atomic mass is 10.2. The first kappa shape index (κ1) is 11.3. The first-order chi connectivity index (χ1) is 7.67. The van der Waals surface area contributed by atoms with Crippen molar-refractivity contribution >= 4 is 22.5 Å². The zero-order valence-electron chi connectivity index (χ0n) is 9.33. The second kappa shape index (κ2) is 4.36. The van der Waals surface area contributed by atoms with Gasteiger partial charge in [0.2, 0.25) is 0 Å². The molecule has 0 spiro atoms. The highest BCUT2D eigenvalue weighted by molar-refractivity contribution is 6.32. The van der Waals surface area contributed by atoms with E-state index in [0.717, 1.165) is 16.5 Å². The summed E-state index contributed by atoms with van der Waals surface area (Å²) in [4.78, 5) is 0. The lowest BCUT2D eigenvalue weighted by molar-refractivity contribution is 0.278. The van der Waals surface area contributed by atoms with E-state index in [1.807, 2.05) is 29.8 Å². The Morgan fingerprint density at radius 3 is 2.81 bits per heavy atom. The van der Waals surface area contributed by atoms with Crippen LogP contribution in [0.25, 0.3) is 10.9 Å². The summed E-state index contributed by atoms with van der Waals surface area (Å²) in [7, 11) is 1.60. The van der Waals surface area contributed by atoms with Crippen LogP contribution in [-0.2, 0) is 6.54 Å². The number of methoxy groups -OCH3 is 1. The minimum atomic E-state index is 0.118. The lowest BCUT2D eigenvalue weighted by Crippen LogP contribution is -1.99. The molecule has 0 fully saturated rings. The summed E-state index contributed by atoms with van der Waals surface area (Å²) in [5.41, 5.74) is 2.18. The van der Waals surface area contributed by atoms with E-state index in [9.17, 15) is 0 Å². The van der Waals surface area contributed by atoms with Crippen LogP contribution in [0.3, 0.4) is 0 Å². The van der Waals surface area contributed by atoms with Gasteiger partial charge in [0.1, 0.15) is 5.75 Å². The van der Waals surface area contributed by atoms with Gasteiger partial charge in [-0.3, -0.25) is 0 Å². The number of hydrogen-bond acceptors (Lipinski definition) is 2. The molecular weight excluding hydrogens is 226 g/mol. The molecule has 2 rings (SSSR count). The molecule has 16 heavy (non-hydrogen) atoms. The first-order valence-corrected chi connectivity index (χ1v) is 5.49. The fourth-order valence-corrected chi connectivity index (χ4v) is 2.15. The highest BCUT2D eigenvalue weighted by Gasteiger charge is 2.09. The van der Waals surface area contributed by atoms with E-state index in [-0.39, 0.29) is 6.61 Å². The molecule has 0 aliphatic carbocycles. The van der Waals surface area contributed by atoms with Crippen LogP contribution in [0.2, 0.25) is 5.02 Å². The predicted molar refractivity (Wildman–Crippen MR) is 65.3 cm³/mol.